The maximum absolute atomic E-state index is 13.1. The predicted molar refractivity (Wildman–Crippen MR) is 207 cm³/mol. The van der Waals surface area contributed by atoms with Crippen molar-refractivity contribution in [2.24, 2.45) is 5.73 Å². The van der Waals surface area contributed by atoms with E-state index < -0.39 is 11.9 Å². The number of nitrogens with two attached hydrogens (primary N) is 1. The molecule has 7 heterocycles. The first kappa shape index (κ1) is 38.8. The zero-order valence-corrected chi connectivity index (χ0v) is 31.0. The molecule has 294 valence electrons. The molecule has 0 aliphatic carbocycles. The molecule has 1 aliphatic heterocycles. The van der Waals surface area contributed by atoms with E-state index >= 15 is 0 Å². The fraction of sp³-hybridized carbons (Fsp3) is 0.268. The summed E-state index contributed by atoms with van der Waals surface area (Å²) in [5.41, 5.74) is 9.45. The summed E-state index contributed by atoms with van der Waals surface area (Å²) in [6, 6.07) is 20.9. The molecule has 1 fully saturated rings. The fourth-order valence-electron chi connectivity index (χ4n) is 6.72. The highest BCUT2D eigenvalue weighted by atomic mass is 16.4. The topological polar surface area (TPSA) is 218 Å². The summed E-state index contributed by atoms with van der Waals surface area (Å²) in [6.07, 6.45) is 4.65. The number of carbonyl (C=O) groups is 3. The number of hydrogen-bond acceptors (Lipinski definition) is 13. The van der Waals surface area contributed by atoms with E-state index in [0.29, 0.717) is 117 Å². The molecule has 16 heteroatoms. The normalized spacial score (nSPS) is 14.5. The van der Waals surface area contributed by atoms with Gasteiger partial charge >= 0.3 is 11.9 Å². The second-order valence-electron chi connectivity index (χ2n) is 13.6. The first-order valence-corrected chi connectivity index (χ1v) is 18.5. The number of aromatic carboxylic acids is 2. The van der Waals surface area contributed by atoms with Crippen molar-refractivity contribution < 1.29 is 37.8 Å². The number of carbonyl (C=O) groups excluding carboxylic acids is 1. The van der Waals surface area contributed by atoms with Crippen molar-refractivity contribution in [3.63, 3.8) is 0 Å². The van der Waals surface area contributed by atoms with Crippen LogP contribution < -0.4 is 11.1 Å². The maximum Gasteiger partial charge on any atom is 0.354 e. The van der Waals surface area contributed by atoms with Gasteiger partial charge in [0.2, 0.25) is 0 Å². The summed E-state index contributed by atoms with van der Waals surface area (Å²) in [7, 11) is 0. The molecule has 1 amide bonds. The van der Waals surface area contributed by atoms with Gasteiger partial charge in [-0.3, -0.25) is 19.5 Å². The highest BCUT2D eigenvalue weighted by Crippen LogP contribution is 2.26. The van der Waals surface area contributed by atoms with Gasteiger partial charge in [0.15, 0.2) is 0 Å². The van der Waals surface area contributed by atoms with Crippen molar-refractivity contribution in [1.82, 2.24) is 35.0 Å². The zero-order valence-electron chi connectivity index (χ0n) is 31.0. The first-order valence-electron chi connectivity index (χ1n) is 18.5. The summed E-state index contributed by atoms with van der Waals surface area (Å²) in [4.78, 5) is 57.7. The van der Waals surface area contributed by atoms with Gasteiger partial charge in [-0.1, -0.05) is 0 Å². The Balaban J connectivity index is 1.19. The third-order valence-electron chi connectivity index (χ3n) is 9.51. The number of hydrogen-bond donors (Lipinski definition) is 4. The van der Waals surface area contributed by atoms with Crippen molar-refractivity contribution in [2.75, 3.05) is 52.4 Å². The van der Waals surface area contributed by atoms with Gasteiger partial charge in [0.25, 0.3) is 5.91 Å². The lowest BCUT2D eigenvalue weighted by atomic mass is 10.1. The highest BCUT2D eigenvalue weighted by molar-refractivity contribution is 5.93. The van der Waals surface area contributed by atoms with Crippen molar-refractivity contribution in [1.29, 1.82) is 0 Å². The van der Waals surface area contributed by atoms with Crippen LogP contribution in [0.3, 0.4) is 0 Å². The van der Waals surface area contributed by atoms with Crippen LogP contribution in [0.1, 0.15) is 48.5 Å². The van der Waals surface area contributed by atoms with Crippen molar-refractivity contribution >= 4 is 17.8 Å². The molecule has 6 aromatic rings. The van der Waals surface area contributed by atoms with Gasteiger partial charge in [-0.25, -0.2) is 24.5 Å². The second kappa shape index (κ2) is 18.0. The molecular formula is C41H42N8O8. The molecule has 0 unspecified atom stereocenters. The molecule has 0 spiro atoms. The van der Waals surface area contributed by atoms with E-state index in [-0.39, 0.29) is 29.5 Å². The first-order chi connectivity index (χ1) is 27.7. The van der Waals surface area contributed by atoms with E-state index in [1.807, 2.05) is 24.3 Å². The Hall–Kier alpha value is -6.46. The number of carboxylic acids is 2. The van der Waals surface area contributed by atoms with Gasteiger partial charge in [-0.05, 0) is 72.8 Å². The average Bonchev–Trinajstić information content (AvgIpc) is 4.04. The van der Waals surface area contributed by atoms with Gasteiger partial charge in [-0.15, -0.1) is 0 Å². The van der Waals surface area contributed by atoms with Crippen LogP contribution in [0.5, 0.6) is 0 Å². The molecule has 0 radical (unpaired) electrons. The van der Waals surface area contributed by atoms with E-state index in [2.05, 4.69) is 30.0 Å². The highest BCUT2D eigenvalue weighted by Gasteiger charge is 2.22. The Bertz CT molecular complexity index is 2180. The quantitative estimate of drug-likeness (QED) is 0.119. The number of furan rings is 3. The lowest BCUT2D eigenvalue weighted by Crippen LogP contribution is -2.36. The summed E-state index contributed by atoms with van der Waals surface area (Å²) in [6.45, 7) is 5.28. The van der Waals surface area contributed by atoms with E-state index in [9.17, 15) is 24.6 Å². The molecule has 57 heavy (non-hydrogen) atoms. The molecule has 0 bridgehead atoms. The number of amides is 1. The second-order valence-corrected chi connectivity index (χ2v) is 13.6. The number of carboxylic acid groups (broad SMARTS) is 2. The van der Waals surface area contributed by atoms with Gasteiger partial charge in [0.1, 0.15) is 34.4 Å². The van der Waals surface area contributed by atoms with Crippen molar-refractivity contribution in [2.45, 2.75) is 19.6 Å². The largest absolute Gasteiger partial charge is 0.477 e. The van der Waals surface area contributed by atoms with E-state index in [0.717, 1.165) is 0 Å². The average molecular weight is 775 g/mol. The lowest BCUT2D eigenvalue weighted by Gasteiger charge is -2.26. The van der Waals surface area contributed by atoms with Crippen LogP contribution in [0.15, 0.2) is 105 Å². The summed E-state index contributed by atoms with van der Waals surface area (Å²) in [5, 5.41) is 22.6. The number of pyridine rings is 3. The minimum Gasteiger partial charge on any atom is -0.477 e. The Kier molecular flexibility index (Phi) is 12.2. The third kappa shape index (κ3) is 10.1. The van der Waals surface area contributed by atoms with Gasteiger partial charge in [0, 0.05) is 88.7 Å². The van der Waals surface area contributed by atoms with E-state index in [1.165, 1.54) is 24.7 Å². The van der Waals surface area contributed by atoms with Gasteiger partial charge in [0.05, 0.1) is 35.9 Å². The van der Waals surface area contributed by atoms with Gasteiger partial charge < -0.3 is 34.5 Å². The minimum absolute atomic E-state index is 0.0861. The summed E-state index contributed by atoms with van der Waals surface area (Å²) in [5.74, 6) is -0.953. The molecule has 7 rings (SSSR count). The maximum atomic E-state index is 13.1. The number of aromatic nitrogens is 3. The van der Waals surface area contributed by atoms with Crippen LogP contribution in [0.4, 0.5) is 0 Å². The van der Waals surface area contributed by atoms with Crippen LogP contribution in [-0.4, -0.2) is 110 Å². The lowest BCUT2D eigenvalue weighted by molar-refractivity contribution is 0.0679. The Labute approximate surface area is 327 Å². The molecule has 0 saturated carbocycles. The fourth-order valence-corrected chi connectivity index (χ4v) is 6.72. The Morgan fingerprint density at radius 3 is 1.25 bits per heavy atom. The Morgan fingerprint density at radius 2 is 0.930 bits per heavy atom. The number of nitrogens with one attached hydrogen (secondary N) is 1. The van der Waals surface area contributed by atoms with E-state index in [4.69, 9.17) is 24.0 Å². The van der Waals surface area contributed by atoms with Crippen molar-refractivity contribution in [3.05, 3.63) is 126 Å². The molecule has 6 aromatic heterocycles. The smallest absolute Gasteiger partial charge is 0.354 e. The van der Waals surface area contributed by atoms with Gasteiger partial charge in [-0.2, -0.15) is 0 Å². The molecule has 5 N–H and O–H groups in total. The number of rotatable bonds is 14. The minimum atomic E-state index is -1.14. The van der Waals surface area contributed by atoms with Crippen LogP contribution in [0.2, 0.25) is 0 Å². The molecule has 1 aliphatic rings. The summed E-state index contributed by atoms with van der Waals surface area (Å²) >= 11 is 0. The molecule has 0 atom stereocenters. The van der Waals surface area contributed by atoms with Crippen LogP contribution in [-0.2, 0) is 19.6 Å². The summed E-state index contributed by atoms with van der Waals surface area (Å²) < 4.78 is 16.9. The molecule has 16 nitrogen and oxygen atoms in total. The molecule has 0 aromatic carbocycles. The van der Waals surface area contributed by atoms with Crippen LogP contribution in [0.25, 0.3) is 34.0 Å². The monoisotopic (exact) mass is 774 g/mol. The third-order valence-corrected chi connectivity index (χ3v) is 9.51. The van der Waals surface area contributed by atoms with Crippen LogP contribution >= 0.6 is 0 Å². The predicted octanol–water partition coefficient (Wildman–Crippen LogP) is 4.56. The Morgan fingerprint density at radius 1 is 0.579 bits per heavy atom. The molecule has 1 saturated heterocycles. The SMILES string of the molecule is NCCNC(=O)c1cc(-c2ccco2)cc(CN2CCN(Cc3cc(-c4ccco4)cc(C(=O)O)n3)CCN(Cc3cc(-c4ccco4)cc(C(=O)O)n3)CC2)n1. The van der Waals surface area contributed by atoms with Crippen molar-refractivity contribution in [3.8, 4) is 34.0 Å². The number of nitrogens with zero attached hydrogens (tertiary/aromatic N) is 6. The molecular weight excluding hydrogens is 732 g/mol. The standard InChI is InChI=1S/C41H42N8O8/c42-7-8-43-39(50)33-21-27(36-4-1-15-55-36)18-30(44-33)24-47-9-11-48(25-31-19-28(37-5-2-16-56-37)22-34(45-31)40(51)52)13-14-49(12-10-47)26-32-20-29(38-6-3-17-57-38)23-35(46-32)41(53)54/h1-6,15-23H,7-14,24-26,42H2,(H,43,50)(H,51,52)(H,53,54). The van der Waals surface area contributed by atoms with Crippen LogP contribution in [0, 0.1) is 0 Å². The van der Waals surface area contributed by atoms with E-state index in [1.54, 1.807) is 42.7 Å². The zero-order chi connectivity index (χ0) is 39.7.